The van der Waals surface area contributed by atoms with Crippen LogP contribution >= 0.6 is 0 Å². The number of rotatable bonds is 3. The quantitative estimate of drug-likeness (QED) is 0.657. The maximum absolute atomic E-state index is 14.3. The molecule has 2 saturated heterocycles. The standard InChI is InChI=1S/C20H19FN4O3S/c1-29(27,28)23-10-13-11-24(20(26)15(13)12-23)17-7-4-8-18-14(17)9-22-25(18)19-6-3-2-5-16(19)21/h2-9,13,15H,10-12H2,1H3/t13-,15-/m1/s1. The number of para-hydroxylation sites is 1. The lowest BCUT2D eigenvalue weighted by atomic mass is 10.0. The zero-order valence-electron chi connectivity index (χ0n) is 15.7. The van der Waals surface area contributed by atoms with E-state index in [4.69, 9.17) is 0 Å². The molecule has 2 atom stereocenters. The molecule has 1 aromatic heterocycles. The second kappa shape index (κ2) is 6.36. The minimum absolute atomic E-state index is 0.0332. The number of halogens is 1. The maximum Gasteiger partial charge on any atom is 0.231 e. The van der Waals surface area contributed by atoms with Crippen molar-refractivity contribution in [2.24, 2.45) is 11.8 Å². The molecule has 0 bridgehead atoms. The second-order valence-corrected chi connectivity index (χ2v) is 9.60. The highest BCUT2D eigenvalue weighted by Crippen LogP contribution is 2.38. The number of sulfonamides is 1. The molecule has 0 radical (unpaired) electrons. The molecule has 1 amide bonds. The van der Waals surface area contributed by atoms with E-state index in [2.05, 4.69) is 5.10 Å². The summed E-state index contributed by atoms with van der Waals surface area (Å²) >= 11 is 0. The fraction of sp³-hybridized carbons (Fsp3) is 0.300. The summed E-state index contributed by atoms with van der Waals surface area (Å²) in [4.78, 5) is 14.8. The average molecular weight is 414 g/mol. The largest absolute Gasteiger partial charge is 0.311 e. The zero-order chi connectivity index (χ0) is 20.3. The topological polar surface area (TPSA) is 75.5 Å². The number of hydrogen-bond donors (Lipinski definition) is 0. The second-order valence-electron chi connectivity index (χ2n) is 7.61. The predicted molar refractivity (Wildman–Crippen MR) is 107 cm³/mol. The molecular formula is C20H19FN4O3S. The van der Waals surface area contributed by atoms with Crippen molar-refractivity contribution in [3.63, 3.8) is 0 Å². The number of nitrogens with zero attached hydrogens (tertiary/aromatic N) is 4. The first kappa shape index (κ1) is 18.3. The van der Waals surface area contributed by atoms with Gasteiger partial charge in [0.15, 0.2) is 0 Å². The van der Waals surface area contributed by atoms with Crippen molar-refractivity contribution in [2.45, 2.75) is 0 Å². The first-order valence-corrected chi connectivity index (χ1v) is 11.2. The zero-order valence-corrected chi connectivity index (χ0v) is 16.5. The van der Waals surface area contributed by atoms with Gasteiger partial charge in [0.25, 0.3) is 0 Å². The summed E-state index contributed by atoms with van der Waals surface area (Å²) in [6.07, 6.45) is 2.81. The van der Waals surface area contributed by atoms with E-state index < -0.39 is 10.0 Å². The Hall–Kier alpha value is -2.78. The normalized spacial score (nSPS) is 22.6. The average Bonchev–Trinajstić information content (AvgIpc) is 3.36. The van der Waals surface area contributed by atoms with Crippen LogP contribution < -0.4 is 4.90 Å². The Morgan fingerprint density at radius 1 is 1.03 bits per heavy atom. The summed E-state index contributed by atoms with van der Waals surface area (Å²) in [5.41, 5.74) is 1.76. The molecule has 2 aliphatic rings. The van der Waals surface area contributed by atoms with E-state index in [1.54, 1.807) is 29.3 Å². The van der Waals surface area contributed by atoms with E-state index in [1.165, 1.54) is 21.3 Å². The summed E-state index contributed by atoms with van der Waals surface area (Å²) in [7, 11) is -3.30. The van der Waals surface area contributed by atoms with E-state index in [0.717, 1.165) is 11.1 Å². The third-order valence-electron chi connectivity index (χ3n) is 5.84. The van der Waals surface area contributed by atoms with Gasteiger partial charge in [-0.3, -0.25) is 4.79 Å². The van der Waals surface area contributed by atoms with Crippen LogP contribution in [0.1, 0.15) is 0 Å². The van der Waals surface area contributed by atoms with Crippen molar-refractivity contribution in [3.05, 3.63) is 54.5 Å². The van der Waals surface area contributed by atoms with Gasteiger partial charge in [-0.05, 0) is 24.3 Å². The molecule has 3 aromatic rings. The van der Waals surface area contributed by atoms with E-state index >= 15 is 0 Å². The van der Waals surface area contributed by atoms with Gasteiger partial charge in [-0.1, -0.05) is 18.2 Å². The Labute approximate surface area is 167 Å². The lowest BCUT2D eigenvalue weighted by molar-refractivity contribution is -0.120. The summed E-state index contributed by atoms with van der Waals surface area (Å²) in [5, 5.41) is 5.10. The molecule has 2 fully saturated rings. The molecule has 0 unspecified atom stereocenters. The van der Waals surface area contributed by atoms with Crippen molar-refractivity contribution in [3.8, 4) is 5.69 Å². The van der Waals surface area contributed by atoms with Gasteiger partial charge in [0.05, 0.1) is 29.6 Å². The van der Waals surface area contributed by atoms with Crippen LogP contribution in [-0.2, 0) is 14.8 Å². The Morgan fingerprint density at radius 2 is 1.79 bits per heavy atom. The monoisotopic (exact) mass is 414 g/mol. The molecule has 7 nitrogen and oxygen atoms in total. The van der Waals surface area contributed by atoms with Crippen molar-refractivity contribution in [1.29, 1.82) is 0 Å². The smallest absolute Gasteiger partial charge is 0.231 e. The van der Waals surface area contributed by atoms with E-state index in [-0.39, 0.29) is 30.1 Å². The minimum atomic E-state index is -3.30. The van der Waals surface area contributed by atoms with E-state index in [9.17, 15) is 17.6 Å². The number of carbonyl (C=O) groups excluding carboxylic acids is 1. The van der Waals surface area contributed by atoms with Crippen LogP contribution in [0.15, 0.2) is 48.7 Å². The number of amides is 1. The first-order valence-electron chi connectivity index (χ1n) is 9.33. The summed E-state index contributed by atoms with van der Waals surface area (Å²) in [5.74, 6) is -0.821. The van der Waals surface area contributed by atoms with Gasteiger partial charge in [-0.2, -0.15) is 5.10 Å². The minimum Gasteiger partial charge on any atom is -0.311 e. The molecule has 5 rings (SSSR count). The highest BCUT2D eigenvalue weighted by atomic mass is 32.2. The number of fused-ring (bicyclic) bond motifs is 2. The summed E-state index contributed by atoms with van der Waals surface area (Å²) < 4.78 is 40.8. The third kappa shape index (κ3) is 2.84. The molecule has 0 aliphatic carbocycles. The molecule has 0 N–H and O–H groups in total. The van der Waals surface area contributed by atoms with E-state index in [1.807, 2.05) is 18.2 Å². The number of benzene rings is 2. The Morgan fingerprint density at radius 3 is 2.52 bits per heavy atom. The van der Waals surface area contributed by atoms with Gasteiger partial charge in [0, 0.05) is 30.9 Å². The fourth-order valence-electron chi connectivity index (χ4n) is 4.40. The lowest BCUT2D eigenvalue weighted by Gasteiger charge is -2.21. The van der Waals surface area contributed by atoms with Crippen LogP contribution in [-0.4, -0.2) is 54.3 Å². The first-order chi connectivity index (χ1) is 13.8. The highest BCUT2D eigenvalue weighted by Gasteiger charge is 2.49. The molecule has 9 heteroatoms. The van der Waals surface area contributed by atoms with Crippen LogP contribution in [0.2, 0.25) is 0 Å². The molecule has 0 spiro atoms. The lowest BCUT2D eigenvalue weighted by Crippen LogP contribution is -2.35. The van der Waals surface area contributed by atoms with Gasteiger partial charge in [-0.15, -0.1) is 0 Å². The number of anilines is 1. The Balaban J connectivity index is 1.52. The van der Waals surface area contributed by atoms with Gasteiger partial charge in [0.2, 0.25) is 15.9 Å². The molecule has 3 heterocycles. The Bertz CT molecular complexity index is 1240. The molecule has 150 valence electrons. The van der Waals surface area contributed by atoms with Crippen LogP contribution in [0.4, 0.5) is 10.1 Å². The molecular weight excluding hydrogens is 395 g/mol. The van der Waals surface area contributed by atoms with Crippen LogP contribution in [0.3, 0.4) is 0 Å². The van der Waals surface area contributed by atoms with Crippen LogP contribution in [0.5, 0.6) is 0 Å². The molecule has 0 saturated carbocycles. The predicted octanol–water partition coefficient (Wildman–Crippen LogP) is 2.02. The fourth-order valence-corrected chi connectivity index (χ4v) is 5.29. The van der Waals surface area contributed by atoms with Crippen molar-refractivity contribution in [2.75, 3.05) is 30.8 Å². The van der Waals surface area contributed by atoms with Gasteiger partial charge >= 0.3 is 0 Å². The SMILES string of the molecule is CS(=O)(=O)N1C[C@@H]2CN(c3cccc4c3cnn4-c3ccccc3F)C(=O)[C@@H]2C1. The van der Waals surface area contributed by atoms with Gasteiger partial charge < -0.3 is 4.90 Å². The molecule has 2 aliphatic heterocycles. The van der Waals surface area contributed by atoms with Crippen molar-refractivity contribution < 1.29 is 17.6 Å². The Kier molecular flexibility index (Phi) is 4.01. The van der Waals surface area contributed by atoms with Crippen molar-refractivity contribution >= 4 is 32.5 Å². The van der Waals surface area contributed by atoms with Crippen LogP contribution in [0, 0.1) is 17.7 Å². The molecule has 29 heavy (non-hydrogen) atoms. The third-order valence-corrected chi connectivity index (χ3v) is 7.08. The van der Waals surface area contributed by atoms with Gasteiger partial charge in [-0.25, -0.2) is 21.8 Å². The highest BCUT2D eigenvalue weighted by molar-refractivity contribution is 7.88. The van der Waals surface area contributed by atoms with E-state index in [0.29, 0.717) is 24.3 Å². The summed E-state index contributed by atoms with van der Waals surface area (Å²) in [6.45, 7) is 1.04. The number of hydrogen-bond acceptors (Lipinski definition) is 4. The summed E-state index contributed by atoms with van der Waals surface area (Å²) in [6, 6.07) is 11.9. The maximum atomic E-state index is 14.3. The van der Waals surface area contributed by atoms with Gasteiger partial charge in [0.1, 0.15) is 11.5 Å². The van der Waals surface area contributed by atoms with Crippen molar-refractivity contribution in [1.82, 2.24) is 14.1 Å². The number of aromatic nitrogens is 2. The molecule has 2 aromatic carbocycles. The number of carbonyl (C=O) groups is 1. The van der Waals surface area contributed by atoms with Crippen LogP contribution in [0.25, 0.3) is 16.6 Å².